The molecule has 0 unspecified atom stereocenters. The number of nitrogens with zero attached hydrogens (tertiary/aromatic N) is 6. The smallest absolute Gasteiger partial charge is 0.212 e. The van der Waals surface area contributed by atoms with E-state index in [0.29, 0.717) is 10.7 Å². The topological polar surface area (TPSA) is 154 Å². The maximum absolute atomic E-state index is 14.4. The fourth-order valence-corrected chi connectivity index (χ4v) is 12.8. The number of aliphatic imine (C=N–C) groups is 2. The number of ketones is 2. The highest BCUT2D eigenvalue weighted by molar-refractivity contribution is 7.33. The largest absolute Gasteiger partial charge is 0.287 e. The van der Waals surface area contributed by atoms with Gasteiger partial charge in [-0.25, -0.2) is 27.5 Å². The summed E-state index contributed by atoms with van der Waals surface area (Å²) in [5.74, 6) is -6.43. The summed E-state index contributed by atoms with van der Waals surface area (Å²) in [7, 11) is 0. The first kappa shape index (κ1) is 36.0. The fraction of sp³-hybridized carbons (Fsp3) is 0.143. The molecular formula is C42H18F4N6O2S3. The minimum absolute atomic E-state index is 0.0788. The van der Waals surface area contributed by atoms with Crippen LogP contribution in [-0.2, 0) is 10.8 Å². The Morgan fingerprint density at radius 2 is 1.07 bits per heavy atom. The Balaban J connectivity index is 1.14. The number of Topliss-reactive ketones (excluding diaryl/α,β-unsaturated/α-hetero) is 2. The molecule has 0 atom stereocenters. The van der Waals surface area contributed by atoms with Crippen molar-refractivity contribution in [3.63, 3.8) is 0 Å². The zero-order chi connectivity index (χ0) is 40.6. The number of fused-ring (bicyclic) bond motifs is 9. The average Bonchev–Trinajstić information content (AvgIpc) is 4.00. The molecule has 0 spiro atoms. The molecule has 0 saturated carbocycles. The van der Waals surface area contributed by atoms with Crippen molar-refractivity contribution in [3.05, 3.63) is 114 Å². The highest BCUT2D eigenvalue weighted by Gasteiger charge is 2.46. The Morgan fingerprint density at radius 1 is 0.596 bits per heavy atom. The number of benzene rings is 2. The molecular weight excluding hydrogens is 793 g/mol. The summed E-state index contributed by atoms with van der Waals surface area (Å²) in [5.41, 5.74) is -0.184. The third-order valence-corrected chi connectivity index (χ3v) is 14.4. The molecule has 2 aromatic carbocycles. The summed E-state index contributed by atoms with van der Waals surface area (Å²) < 4.78 is 59.2. The van der Waals surface area contributed by atoms with E-state index >= 15 is 0 Å². The van der Waals surface area contributed by atoms with Gasteiger partial charge in [0.05, 0.1) is 24.9 Å². The van der Waals surface area contributed by atoms with E-state index in [1.165, 1.54) is 11.3 Å². The third-order valence-electron chi connectivity index (χ3n) is 10.8. The number of rotatable bonds is 2. The predicted molar refractivity (Wildman–Crippen MR) is 208 cm³/mol. The van der Waals surface area contributed by atoms with Crippen LogP contribution in [0.1, 0.15) is 81.1 Å². The van der Waals surface area contributed by atoms with Gasteiger partial charge in [0.15, 0.2) is 23.3 Å². The normalized spacial score (nSPS) is 17.9. The second kappa shape index (κ2) is 11.9. The van der Waals surface area contributed by atoms with Gasteiger partial charge in [-0.05, 0) is 53.1 Å². The molecule has 8 nitrogen and oxygen atoms in total. The lowest BCUT2D eigenvalue weighted by Crippen LogP contribution is -2.18. The summed E-state index contributed by atoms with van der Waals surface area (Å²) in [5, 5.41) is 39.3. The molecule has 0 N–H and O–H groups in total. The van der Waals surface area contributed by atoms with E-state index in [-0.39, 0.29) is 44.8 Å². The minimum atomic E-state index is -1.25. The first-order chi connectivity index (χ1) is 27.1. The Morgan fingerprint density at radius 3 is 1.58 bits per heavy atom. The van der Waals surface area contributed by atoms with E-state index in [2.05, 4.69) is 18.8 Å². The molecule has 57 heavy (non-hydrogen) atoms. The molecule has 0 fully saturated rings. The highest BCUT2D eigenvalue weighted by Crippen LogP contribution is 2.63. The molecule has 0 bridgehead atoms. The van der Waals surface area contributed by atoms with Gasteiger partial charge < -0.3 is 0 Å². The monoisotopic (exact) mass is 810 g/mol. The Kier molecular flexibility index (Phi) is 7.55. The van der Waals surface area contributed by atoms with Crippen molar-refractivity contribution in [2.75, 3.05) is 0 Å². The zero-order valence-electron chi connectivity index (χ0n) is 29.7. The van der Waals surface area contributed by atoms with E-state index in [9.17, 15) is 48.2 Å². The van der Waals surface area contributed by atoms with E-state index < -0.39 is 56.8 Å². The fourth-order valence-electron chi connectivity index (χ4n) is 8.02. The molecule has 0 radical (unpaired) electrons. The van der Waals surface area contributed by atoms with Crippen LogP contribution in [0.5, 0.6) is 0 Å². The standard InChI is InChI=1S/C42H18F4N6O2S3/c1-41(2)21-9-28(52-34-30(16(13-49)14-50)18-6-23(44)25(46)8-20(18)36(34)54)56-37(21)39-32(41)40-38(57-39)31-26(55-40)10-27(42(31,3)4)51-33-29(15(11-47)12-48)17-5-22(43)24(45)7-19(17)35(33)53/h5-10H,1-4H3. The first-order valence-electron chi connectivity index (χ1n) is 16.9. The quantitative estimate of drug-likeness (QED) is 0.128. The van der Waals surface area contributed by atoms with E-state index in [4.69, 9.17) is 4.99 Å². The molecule has 4 aliphatic carbocycles. The maximum Gasteiger partial charge on any atom is 0.212 e. The summed E-state index contributed by atoms with van der Waals surface area (Å²) in [4.78, 5) is 39.3. The Hall–Kier alpha value is -6.62. The second-order valence-corrected chi connectivity index (χ2v) is 17.7. The zero-order valence-corrected chi connectivity index (χ0v) is 32.1. The number of halogens is 4. The summed E-state index contributed by atoms with van der Waals surface area (Å²) in [6.07, 6.45) is 1.85. The molecule has 0 aliphatic heterocycles. The van der Waals surface area contributed by atoms with Crippen molar-refractivity contribution in [1.29, 1.82) is 21.0 Å². The van der Waals surface area contributed by atoms with Crippen molar-refractivity contribution < 1.29 is 27.2 Å². The van der Waals surface area contributed by atoms with E-state index in [1.807, 2.05) is 26.0 Å². The van der Waals surface area contributed by atoms with Crippen molar-refractivity contribution in [3.8, 4) is 34.0 Å². The van der Waals surface area contributed by atoms with Gasteiger partial charge in [-0.3, -0.25) is 9.59 Å². The van der Waals surface area contributed by atoms with Gasteiger partial charge in [-0.2, -0.15) is 21.0 Å². The van der Waals surface area contributed by atoms with Gasteiger partial charge in [0, 0.05) is 49.1 Å². The predicted octanol–water partition coefficient (Wildman–Crippen LogP) is 10.4. The highest BCUT2D eigenvalue weighted by atomic mass is 32.1. The molecule has 9 rings (SSSR count). The number of hydrogen-bond donors (Lipinski definition) is 0. The van der Waals surface area contributed by atoms with Crippen LogP contribution >= 0.6 is 34.0 Å². The van der Waals surface area contributed by atoms with Crippen LogP contribution < -0.4 is 0 Å². The van der Waals surface area contributed by atoms with Crippen LogP contribution in [0.3, 0.4) is 0 Å². The molecule has 5 aromatic rings. The van der Waals surface area contributed by atoms with Gasteiger partial charge in [-0.15, -0.1) is 34.0 Å². The van der Waals surface area contributed by atoms with Crippen molar-refractivity contribution in [2.45, 2.75) is 38.5 Å². The van der Waals surface area contributed by atoms with Gasteiger partial charge in [-0.1, -0.05) is 27.7 Å². The number of carbonyl (C=O) groups is 2. The molecule has 15 heteroatoms. The summed E-state index contributed by atoms with van der Waals surface area (Å²) in [6, 6.07) is 11.9. The van der Waals surface area contributed by atoms with Crippen LogP contribution in [-0.4, -0.2) is 23.0 Å². The number of allylic oxidation sites excluding steroid dienone is 5. The molecule has 0 saturated heterocycles. The molecule has 3 heterocycles. The molecule has 0 amide bonds. The van der Waals surface area contributed by atoms with Gasteiger partial charge >= 0.3 is 0 Å². The number of carbonyl (C=O) groups excluding carboxylic acids is 2. The summed E-state index contributed by atoms with van der Waals surface area (Å²) in [6.45, 7) is 8.00. The van der Waals surface area contributed by atoms with Crippen molar-refractivity contribution in [2.24, 2.45) is 9.98 Å². The SMILES string of the molecule is CC1(C)C(N=C2C(=O)c3cc(F)c(F)cc3C2=C(C#N)C#N)=Cc2sc3c4c(sc3c21)-c1sc(N=C2C(=O)c3cc(F)c(F)cc3C2=C(C#N)C#N)cc1C4(C)C. The Bertz CT molecular complexity index is 3180. The molecule has 274 valence electrons. The number of nitriles is 4. The molecule has 4 aliphatic rings. The average molecular weight is 811 g/mol. The third kappa shape index (κ3) is 4.71. The van der Waals surface area contributed by atoms with E-state index in [1.54, 1.807) is 47.0 Å². The van der Waals surface area contributed by atoms with Crippen LogP contribution in [0.25, 0.3) is 36.4 Å². The van der Waals surface area contributed by atoms with Crippen LogP contribution in [0.15, 0.2) is 57.2 Å². The Labute approximate surface area is 332 Å². The van der Waals surface area contributed by atoms with E-state index in [0.717, 1.165) is 65.0 Å². The van der Waals surface area contributed by atoms with Crippen molar-refractivity contribution >= 4 is 88.6 Å². The number of thiophene rings is 3. The lowest BCUT2D eigenvalue weighted by molar-refractivity contribution is 0.106. The van der Waals surface area contributed by atoms with Gasteiger partial charge in [0.1, 0.15) is 51.8 Å². The van der Waals surface area contributed by atoms with Crippen molar-refractivity contribution in [1.82, 2.24) is 0 Å². The lowest BCUT2D eigenvalue weighted by atomic mass is 9.82. The first-order valence-corrected chi connectivity index (χ1v) is 19.3. The lowest BCUT2D eigenvalue weighted by Gasteiger charge is -2.22. The molecule has 3 aromatic heterocycles. The van der Waals surface area contributed by atoms with Gasteiger partial charge in [0.25, 0.3) is 0 Å². The minimum Gasteiger partial charge on any atom is -0.287 e. The van der Waals surface area contributed by atoms with Crippen LogP contribution in [0, 0.1) is 68.6 Å². The number of hydrogen-bond acceptors (Lipinski definition) is 11. The second-order valence-electron chi connectivity index (χ2n) is 14.6. The van der Waals surface area contributed by atoms with Crippen LogP contribution in [0.4, 0.5) is 22.6 Å². The summed E-state index contributed by atoms with van der Waals surface area (Å²) >= 11 is 4.41. The van der Waals surface area contributed by atoms with Gasteiger partial charge in [0.2, 0.25) is 11.6 Å². The van der Waals surface area contributed by atoms with Crippen LogP contribution in [0.2, 0.25) is 0 Å². The maximum atomic E-state index is 14.4.